The topological polar surface area (TPSA) is 54.0 Å². The number of ether oxygens (including phenoxy) is 4. The van der Waals surface area contributed by atoms with Crippen molar-refractivity contribution in [1.29, 1.82) is 0 Å². The molecule has 0 aromatic heterocycles. The molecule has 1 aliphatic rings. The summed E-state index contributed by atoms with van der Waals surface area (Å²) in [7, 11) is 2.86. The lowest BCUT2D eigenvalue weighted by atomic mass is 10.1. The fraction of sp³-hybridized carbons (Fsp3) is 0.300. The molecule has 1 heterocycles. The molecule has 2 rings (SSSR count). The van der Waals surface area contributed by atoms with Crippen molar-refractivity contribution in [2.24, 2.45) is 0 Å². The number of hydrogen-bond acceptors (Lipinski definition) is 5. The maximum atomic E-state index is 11.6. The second-order valence-corrected chi connectivity index (χ2v) is 4.15. The lowest BCUT2D eigenvalue weighted by Gasteiger charge is -2.09. The number of rotatable bonds is 2. The van der Waals surface area contributed by atoms with Gasteiger partial charge in [-0.3, -0.25) is 0 Å². The fourth-order valence-electron chi connectivity index (χ4n) is 1.45. The van der Waals surface area contributed by atoms with Crippen LogP contribution in [0.4, 0.5) is 0 Å². The maximum Gasteiger partial charge on any atom is 0.342 e. The molecule has 0 radical (unpaired) electrons. The van der Waals surface area contributed by atoms with Gasteiger partial charge in [0.05, 0.1) is 14.2 Å². The minimum atomic E-state index is -0.450. The van der Waals surface area contributed by atoms with Crippen molar-refractivity contribution in [2.75, 3.05) is 21.0 Å². The molecule has 1 aliphatic heterocycles. The molecule has 0 bridgehead atoms. The van der Waals surface area contributed by atoms with Crippen LogP contribution in [-0.2, 0) is 4.74 Å². The van der Waals surface area contributed by atoms with E-state index in [-0.39, 0.29) is 6.79 Å². The third-order valence-electron chi connectivity index (χ3n) is 2.17. The Labute approximate surface area is 106 Å². The molecule has 0 spiro atoms. The highest BCUT2D eigenvalue weighted by molar-refractivity contribution is 14.1. The zero-order valence-corrected chi connectivity index (χ0v) is 10.9. The van der Waals surface area contributed by atoms with E-state index in [2.05, 4.69) is 0 Å². The lowest BCUT2D eigenvalue weighted by molar-refractivity contribution is 0.0594. The van der Waals surface area contributed by atoms with E-state index in [0.29, 0.717) is 26.4 Å². The van der Waals surface area contributed by atoms with Crippen LogP contribution in [0, 0.1) is 3.57 Å². The van der Waals surface area contributed by atoms with E-state index in [1.165, 1.54) is 14.2 Å². The normalized spacial score (nSPS) is 12.4. The summed E-state index contributed by atoms with van der Waals surface area (Å²) >= 11 is 2.02. The van der Waals surface area contributed by atoms with Crippen LogP contribution in [-0.4, -0.2) is 27.0 Å². The van der Waals surface area contributed by atoms with Gasteiger partial charge in [-0.1, -0.05) is 0 Å². The molecule has 86 valence electrons. The van der Waals surface area contributed by atoms with E-state index >= 15 is 0 Å². The van der Waals surface area contributed by atoms with Gasteiger partial charge in [-0.25, -0.2) is 4.79 Å². The van der Waals surface area contributed by atoms with Crippen LogP contribution in [0.5, 0.6) is 17.2 Å². The van der Waals surface area contributed by atoms with Gasteiger partial charge in [0.25, 0.3) is 0 Å². The van der Waals surface area contributed by atoms with Crippen LogP contribution in [0.3, 0.4) is 0 Å². The number of halogens is 1. The molecule has 0 aliphatic carbocycles. The molecular weight excluding hydrogens is 327 g/mol. The molecule has 16 heavy (non-hydrogen) atoms. The van der Waals surface area contributed by atoms with Crippen molar-refractivity contribution in [2.45, 2.75) is 0 Å². The highest BCUT2D eigenvalue weighted by Crippen LogP contribution is 2.45. The number of benzene rings is 1. The fourth-order valence-corrected chi connectivity index (χ4v) is 2.20. The third kappa shape index (κ3) is 1.66. The average Bonchev–Trinajstić information content (AvgIpc) is 2.75. The Morgan fingerprint density at radius 1 is 1.38 bits per heavy atom. The van der Waals surface area contributed by atoms with Crippen LogP contribution < -0.4 is 14.2 Å². The number of esters is 1. The van der Waals surface area contributed by atoms with Gasteiger partial charge < -0.3 is 18.9 Å². The molecule has 0 unspecified atom stereocenters. The van der Waals surface area contributed by atoms with Crippen molar-refractivity contribution in [1.82, 2.24) is 0 Å². The highest BCUT2D eigenvalue weighted by atomic mass is 127. The Balaban J connectivity index is 2.63. The summed E-state index contributed by atoms with van der Waals surface area (Å²) in [5.41, 5.74) is 0.372. The molecule has 1 aromatic carbocycles. The van der Waals surface area contributed by atoms with E-state index in [1.54, 1.807) is 6.07 Å². The van der Waals surface area contributed by atoms with E-state index in [1.807, 2.05) is 22.6 Å². The molecule has 0 N–H and O–H groups in total. The van der Waals surface area contributed by atoms with Crippen LogP contribution in [0.2, 0.25) is 0 Å². The van der Waals surface area contributed by atoms with E-state index in [4.69, 9.17) is 18.9 Å². The minimum absolute atomic E-state index is 0.0791. The number of fused-ring (bicyclic) bond motifs is 1. The van der Waals surface area contributed by atoms with E-state index in [9.17, 15) is 4.79 Å². The largest absolute Gasteiger partial charge is 0.493 e. The summed E-state index contributed by atoms with van der Waals surface area (Å²) in [6, 6.07) is 1.71. The second kappa shape index (κ2) is 4.36. The number of methoxy groups -OCH3 is 2. The number of hydrogen-bond donors (Lipinski definition) is 0. The Kier molecular flexibility index (Phi) is 3.08. The summed E-state index contributed by atoms with van der Waals surface area (Å²) < 4.78 is 21.1. The van der Waals surface area contributed by atoms with Crippen molar-refractivity contribution in [3.63, 3.8) is 0 Å². The van der Waals surface area contributed by atoms with Crippen LogP contribution >= 0.6 is 22.6 Å². The monoisotopic (exact) mass is 336 g/mol. The van der Waals surface area contributed by atoms with Crippen LogP contribution in [0.25, 0.3) is 0 Å². The van der Waals surface area contributed by atoms with Crippen molar-refractivity contribution >= 4 is 28.6 Å². The van der Waals surface area contributed by atoms with Crippen LogP contribution in [0.1, 0.15) is 10.4 Å². The average molecular weight is 336 g/mol. The second-order valence-electron chi connectivity index (χ2n) is 2.99. The van der Waals surface area contributed by atoms with Gasteiger partial charge in [0.15, 0.2) is 11.5 Å². The third-order valence-corrected chi connectivity index (χ3v) is 3.02. The van der Waals surface area contributed by atoms with E-state index in [0.717, 1.165) is 0 Å². The zero-order valence-electron chi connectivity index (χ0n) is 8.70. The number of carbonyl (C=O) groups is 1. The quantitative estimate of drug-likeness (QED) is 0.609. The molecule has 6 heteroatoms. The SMILES string of the molecule is COC(=O)c1c(I)cc(OC)c2c1OCO2. The van der Waals surface area contributed by atoms with Gasteiger partial charge in [0, 0.05) is 3.57 Å². The summed E-state index contributed by atoms with van der Waals surface area (Å²) in [5.74, 6) is 0.928. The van der Waals surface area contributed by atoms with Gasteiger partial charge >= 0.3 is 5.97 Å². The van der Waals surface area contributed by atoms with Gasteiger partial charge in [-0.2, -0.15) is 0 Å². The standard InChI is InChI=1S/C10H9IO5/c1-13-6-3-5(11)7(10(12)14-2)9-8(6)15-4-16-9/h3H,4H2,1-2H3. The summed E-state index contributed by atoms with van der Waals surface area (Å²) in [4.78, 5) is 11.6. The van der Waals surface area contributed by atoms with Crippen molar-refractivity contribution < 1.29 is 23.7 Å². The first-order valence-electron chi connectivity index (χ1n) is 4.43. The Morgan fingerprint density at radius 2 is 2.06 bits per heavy atom. The van der Waals surface area contributed by atoms with E-state index < -0.39 is 5.97 Å². The Hall–Kier alpha value is -1.18. The van der Waals surface area contributed by atoms with Crippen molar-refractivity contribution in [3.05, 3.63) is 15.2 Å². The molecule has 0 amide bonds. The zero-order chi connectivity index (χ0) is 11.7. The van der Waals surface area contributed by atoms with Crippen molar-refractivity contribution in [3.8, 4) is 17.2 Å². The molecule has 0 saturated carbocycles. The predicted molar refractivity (Wildman–Crippen MR) is 63.2 cm³/mol. The lowest BCUT2D eigenvalue weighted by Crippen LogP contribution is -2.06. The number of carbonyl (C=O) groups excluding carboxylic acids is 1. The first-order chi connectivity index (χ1) is 7.69. The summed E-state index contributed by atoms with van der Waals surface area (Å²) in [6.07, 6.45) is 0. The first-order valence-corrected chi connectivity index (χ1v) is 5.51. The van der Waals surface area contributed by atoms with Gasteiger partial charge in [-0.05, 0) is 28.7 Å². The molecule has 5 nitrogen and oxygen atoms in total. The first kappa shape index (κ1) is 11.3. The smallest absolute Gasteiger partial charge is 0.342 e. The Bertz CT molecular complexity index is 443. The summed E-state index contributed by atoms with van der Waals surface area (Å²) in [5, 5.41) is 0. The van der Waals surface area contributed by atoms with Gasteiger partial charge in [0.1, 0.15) is 5.56 Å². The van der Waals surface area contributed by atoms with Gasteiger partial charge in [-0.15, -0.1) is 0 Å². The maximum absolute atomic E-state index is 11.6. The molecule has 0 fully saturated rings. The molecule has 0 atom stereocenters. The Morgan fingerprint density at radius 3 is 2.69 bits per heavy atom. The minimum Gasteiger partial charge on any atom is -0.493 e. The predicted octanol–water partition coefficient (Wildman–Crippen LogP) is 1.82. The molecule has 1 aromatic rings. The highest BCUT2D eigenvalue weighted by Gasteiger charge is 2.29. The van der Waals surface area contributed by atoms with Gasteiger partial charge in [0.2, 0.25) is 12.5 Å². The molecule has 0 saturated heterocycles. The summed E-state index contributed by atoms with van der Waals surface area (Å²) in [6.45, 7) is 0.0791. The molecular formula is C10H9IO5. The van der Waals surface area contributed by atoms with Crippen LogP contribution in [0.15, 0.2) is 6.07 Å².